The van der Waals surface area contributed by atoms with Gasteiger partial charge in [-0.15, -0.1) is 0 Å². The molecule has 1 aliphatic carbocycles. The van der Waals surface area contributed by atoms with Crippen LogP contribution in [0.1, 0.15) is 36.0 Å². The zero-order chi connectivity index (χ0) is 22.3. The number of benzene rings is 2. The maximum absolute atomic E-state index is 15.2. The number of sulfone groups is 1. The van der Waals surface area contributed by atoms with Gasteiger partial charge in [0.25, 0.3) is 5.91 Å². The molecule has 0 heterocycles. The lowest BCUT2D eigenvalue weighted by Crippen LogP contribution is -2.39. The normalized spacial score (nSPS) is 22.0. The van der Waals surface area contributed by atoms with Crippen molar-refractivity contribution in [1.29, 1.82) is 0 Å². The Labute approximate surface area is 174 Å². The highest BCUT2D eigenvalue weighted by atomic mass is 35.5. The summed E-state index contributed by atoms with van der Waals surface area (Å²) in [4.78, 5) is 11.8. The molecule has 1 amide bonds. The van der Waals surface area contributed by atoms with E-state index in [0.717, 1.165) is 18.2 Å². The third-order valence-corrected chi connectivity index (χ3v) is 7.64. The molecule has 1 fully saturated rings. The molecule has 0 bridgehead atoms. The zero-order valence-electron chi connectivity index (χ0n) is 15.3. The summed E-state index contributed by atoms with van der Waals surface area (Å²) >= 11 is 5.95. The van der Waals surface area contributed by atoms with Crippen LogP contribution in [0.3, 0.4) is 0 Å². The average Bonchev–Trinajstić information content (AvgIpc) is 2.68. The number of carbonyl (C=O) groups excluding carboxylic acids is 1. The molecule has 0 saturated heterocycles. The molecule has 30 heavy (non-hydrogen) atoms. The molecular weight excluding hydrogens is 450 g/mol. The highest BCUT2D eigenvalue weighted by molar-refractivity contribution is 7.92. The van der Waals surface area contributed by atoms with E-state index >= 15 is 4.39 Å². The van der Waals surface area contributed by atoms with Gasteiger partial charge in [0.05, 0.1) is 16.0 Å². The van der Waals surface area contributed by atoms with E-state index in [-0.39, 0.29) is 23.4 Å². The molecule has 1 saturated carbocycles. The van der Waals surface area contributed by atoms with Crippen LogP contribution in [0.15, 0.2) is 35.2 Å². The molecule has 1 aliphatic rings. The number of rotatable bonds is 4. The summed E-state index contributed by atoms with van der Waals surface area (Å²) in [6, 6.07) is 4.18. The number of anilines is 1. The number of aliphatic hydroxyl groups is 1. The van der Waals surface area contributed by atoms with Crippen LogP contribution in [-0.2, 0) is 9.84 Å². The van der Waals surface area contributed by atoms with Gasteiger partial charge in [-0.25, -0.2) is 26.0 Å². The van der Waals surface area contributed by atoms with Crippen molar-refractivity contribution in [3.63, 3.8) is 0 Å². The van der Waals surface area contributed by atoms with Crippen LogP contribution >= 0.6 is 11.6 Å². The first-order valence-corrected chi connectivity index (χ1v) is 10.7. The summed E-state index contributed by atoms with van der Waals surface area (Å²) in [6.45, 7) is 0. The number of hydrogen-bond acceptors (Lipinski definition) is 4. The Hall–Kier alpha value is -2.17. The van der Waals surface area contributed by atoms with Crippen LogP contribution in [0, 0.1) is 17.5 Å². The Morgan fingerprint density at radius 1 is 1.10 bits per heavy atom. The van der Waals surface area contributed by atoms with Gasteiger partial charge in [0.2, 0.25) is 14.8 Å². The van der Waals surface area contributed by atoms with Gasteiger partial charge in [-0.1, -0.05) is 11.6 Å². The van der Waals surface area contributed by atoms with E-state index in [1.165, 1.54) is 0 Å². The number of alkyl halides is 1. The molecule has 0 spiro atoms. The molecule has 3 rings (SSSR count). The van der Waals surface area contributed by atoms with Gasteiger partial charge in [0.15, 0.2) is 17.5 Å². The summed E-state index contributed by atoms with van der Waals surface area (Å²) in [5.74, 6) is -5.73. The molecule has 11 heteroatoms. The van der Waals surface area contributed by atoms with Crippen molar-refractivity contribution in [3.05, 3.63) is 58.4 Å². The van der Waals surface area contributed by atoms with Crippen LogP contribution in [0.2, 0.25) is 5.02 Å². The largest absolute Gasteiger partial charge is 0.393 e. The van der Waals surface area contributed by atoms with Crippen LogP contribution in [0.5, 0.6) is 0 Å². The quantitative estimate of drug-likeness (QED) is 0.518. The Balaban J connectivity index is 1.92. The highest BCUT2D eigenvalue weighted by Gasteiger charge is 2.48. The lowest BCUT2D eigenvalue weighted by molar-refractivity contribution is 0.0762. The molecule has 2 N–H and O–H groups in total. The lowest BCUT2D eigenvalue weighted by atomic mass is 9.96. The van der Waals surface area contributed by atoms with E-state index in [1.54, 1.807) is 0 Å². The van der Waals surface area contributed by atoms with E-state index in [0.29, 0.717) is 12.1 Å². The first-order chi connectivity index (χ1) is 13.9. The summed E-state index contributed by atoms with van der Waals surface area (Å²) in [5.41, 5.74) is -0.679. The van der Waals surface area contributed by atoms with Crippen molar-refractivity contribution in [2.24, 2.45) is 0 Å². The van der Waals surface area contributed by atoms with Gasteiger partial charge in [-0.3, -0.25) is 4.79 Å². The van der Waals surface area contributed by atoms with Crippen molar-refractivity contribution in [3.8, 4) is 0 Å². The van der Waals surface area contributed by atoms with Gasteiger partial charge in [-0.2, -0.15) is 0 Å². The molecule has 0 radical (unpaired) electrons. The van der Waals surface area contributed by atoms with E-state index in [2.05, 4.69) is 5.32 Å². The Bertz CT molecular complexity index is 1080. The first-order valence-electron chi connectivity index (χ1n) is 8.82. The summed E-state index contributed by atoms with van der Waals surface area (Å²) in [6.07, 6.45) is -1.76. The number of hydrogen-bond donors (Lipinski definition) is 2. The van der Waals surface area contributed by atoms with Crippen molar-refractivity contribution in [1.82, 2.24) is 0 Å². The third kappa shape index (κ3) is 4.17. The second-order valence-electron chi connectivity index (χ2n) is 6.97. The fourth-order valence-corrected chi connectivity index (χ4v) is 5.38. The van der Waals surface area contributed by atoms with Crippen LogP contribution in [-0.4, -0.2) is 30.5 Å². The van der Waals surface area contributed by atoms with Crippen molar-refractivity contribution < 1.29 is 35.9 Å². The maximum Gasteiger partial charge on any atom is 0.255 e. The van der Waals surface area contributed by atoms with Gasteiger partial charge in [0, 0.05) is 23.4 Å². The fraction of sp³-hybridized carbons (Fsp3) is 0.316. The fourth-order valence-electron chi connectivity index (χ4n) is 3.18. The molecule has 0 aliphatic heterocycles. The van der Waals surface area contributed by atoms with E-state index in [4.69, 9.17) is 11.6 Å². The average molecular weight is 466 g/mol. The smallest absolute Gasteiger partial charge is 0.255 e. The number of carbonyl (C=O) groups is 1. The Morgan fingerprint density at radius 2 is 1.67 bits per heavy atom. The SMILES string of the molecule is O=C(Nc1cc(F)c(F)c(F)c1)c1ccc(Cl)c(S(=O)(=O)[C@]2(F)CC[C@@H](O)CC2)c1. The molecule has 0 atom stereocenters. The van der Waals surface area contributed by atoms with E-state index in [1.807, 2.05) is 0 Å². The minimum atomic E-state index is -4.62. The molecule has 162 valence electrons. The second kappa shape index (κ2) is 8.16. The first kappa shape index (κ1) is 22.5. The molecule has 0 unspecified atom stereocenters. The van der Waals surface area contributed by atoms with Crippen LogP contribution in [0.4, 0.5) is 23.2 Å². The summed E-state index contributed by atoms with van der Waals surface area (Å²) in [5, 5.41) is 8.67. The number of halogens is 5. The summed E-state index contributed by atoms with van der Waals surface area (Å²) in [7, 11) is -4.62. The van der Waals surface area contributed by atoms with Gasteiger partial charge < -0.3 is 10.4 Å². The van der Waals surface area contributed by atoms with Crippen molar-refractivity contribution in [2.45, 2.75) is 41.7 Å². The number of aliphatic hydroxyl groups excluding tert-OH is 1. The predicted octanol–water partition coefficient (Wildman–Crippen LogP) is 4.38. The van der Waals surface area contributed by atoms with Gasteiger partial charge in [0.1, 0.15) is 0 Å². The monoisotopic (exact) mass is 465 g/mol. The highest BCUT2D eigenvalue weighted by Crippen LogP contribution is 2.42. The minimum Gasteiger partial charge on any atom is -0.393 e. The van der Waals surface area contributed by atoms with E-state index in [9.17, 15) is 31.5 Å². The third-order valence-electron chi connectivity index (χ3n) is 4.91. The molecule has 0 aromatic heterocycles. The van der Waals surface area contributed by atoms with Gasteiger partial charge >= 0.3 is 0 Å². The predicted molar refractivity (Wildman–Crippen MR) is 101 cm³/mol. The Morgan fingerprint density at radius 3 is 2.23 bits per heavy atom. The second-order valence-corrected chi connectivity index (χ2v) is 9.56. The minimum absolute atomic E-state index is 0.0464. The summed E-state index contributed by atoms with van der Waals surface area (Å²) < 4.78 is 80.7. The molecule has 2 aromatic carbocycles. The molecular formula is C19H16ClF4NO4S. The molecule has 2 aromatic rings. The Kier molecular flexibility index (Phi) is 6.13. The molecule has 5 nitrogen and oxygen atoms in total. The lowest BCUT2D eigenvalue weighted by Gasteiger charge is -2.31. The van der Waals surface area contributed by atoms with Crippen LogP contribution < -0.4 is 5.32 Å². The number of amides is 1. The van der Waals surface area contributed by atoms with Crippen LogP contribution in [0.25, 0.3) is 0 Å². The van der Waals surface area contributed by atoms with Crippen molar-refractivity contribution >= 4 is 33.0 Å². The number of nitrogens with one attached hydrogen (secondary N) is 1. The zero-order valence-corrected chi connectivity index (χ0v) is 16.8. The van der Waals surface area contributed by atoms with Crippen molar-refractivity contribution in [2.75, 3.05) is 5.32 Å². The maximum atomic E-state index is 15.2. The standard InChI is InChI=1S/C19H16ClF4NO4S/c20-13-2-1-10(18(27)25-11-8-14(21)17(23)15(22)9-11)7-16(13)30(28,29)19(24)5-3-12(26)4-6-19/h1-2,7-9,12,26H,3-6H2,(H,25,27)/t12-,19-. The topological polar surface area (TPSA) is 83.5 Å². The van der Waals surface area contributed by atoms with Gasteiger partial charge in [-0.05, 0) is 43.9 Å². The van der Waals surface area contributed by atoms with E-state index < -0.39 is 67.7 Å².